The average molecular weight is 626 g/mol. The molecule has 0 amide bonds. The van der Waals surface area contributed by atoms with E-state index in [2.05, 4.69) is 148 Å². The molecular formula is C45H27N3O. The molecule has 2 aliphatic rings. The van der Waals surface area contributed by atoms with Crippen LogP contribution in [0.3, 0.4) is 0 Å². The normalized spacial score (nSPS) is 15.4. The Morgan fingerprint density at radius 2 is 1.04 bits per heavy atom. The van der Waals surface area contributed by atoms with Gasteiger partial charge >= 0.3 is 0 Å². The van der Waals surface area contributed by atoms with Crippen molar-refractivity contribution >= 4 is 21.8 Å². The summed E-state index contributed by atoms with van der Waals surface area (Å²) < 4.78 is 8.55. The lowest BCUT2D eigenvalue weighted by atomic mass is 9.65. The topological polar surface area (TPSA) is 43.9 Å². The maximum atomic E-state index is 6.06. The van der Waals surface area contributed by atoms with E-state index in [-0.39, 0.29) is 0 Å². The lowest BCUT2D eigenvalue weighted by Gasteiger charge is -2.39. The van der Waals surface area contributed by atoms with Crippen LogP contribution in [-0.2, 0) is 5.41 Å². The molecule has 1 spiro atoms. The summed E-state index contributed by atoms with van der Waals surface area (Å²) in [7, 11) is 0. The van der Waals surface area contributed by atoms with E-state index < -0.39 is 5.41 Å². The molecule has 228 valence electrons. The van der Waals surface area contributed by atoms with Gasteiger partial charge in [-0.3, -0.25) is 0 Å². The van der Waals surface area contributed by atoms with Crippen LogP contribution >= 0.6 is 0 Å². The van der Waals surface area contributed by atoms with Gasteiger partial charge in [0, 0.05) is 21.9 Å². The van der Waals surface area contributed by atoms with Crippen LogP contribution in [0.2, 0.25) is 0 Å². The highest BCUT2D eigenvalue weighted by molar-refractivity contribution is 6.12. The van der Waals surface area contributed by atoms with Gasteiger partial charge < -0.3 is 8.98 Å². The fourth-order valence-electron chi connectivity index (χ4n) is 8.58. The smallest absolute Gasteiger partial charge is 0.248 e. The zero-order valence-electron chi connectivity index (χ0n) is 26.3. The Hall–Kier alpha value is -6.52. The number of benzene rings is 7. The van der Waals surface area contributed by atoms with Gasteiger partial charge in [0.05, 0.1) is 22.1 Å². The number of nitrogens with zero attached hydrogens (tertiary/aromatic N) is 3. The minimum absolute atomic E-state index is 0.472. The third-order valence-electron chi connectivity index (χ3n) is 10.6. The molecule has 0 radical (unpaired) electrons. The van der Waals surface area contributed by atoms with E-state index in [0.717, 1.165) is 16.7 Å². The molecule has 0 saturated carbocycles. The SMILES string of the molecule is c1ccc(-c2nnc(-c3ccc(-c4ccc5c(c4)C4(c6ccccc6-5)c5ccccc5-n5c6ccccc6c6cccc4c65)cc3)o2)cc1. The van der Waals surface area contributed by atoms with E-state index in [1.807, 2.05) is 30.3 Å². The number of hydrogen-bond donors (Lipinski definition) is 0. The molecule has 0 fully saturated rings. The van der Waals surface area contributed by atoms with Crippen molar-refractivity contribution in [1.29, 1.82) is 0 Å². The molecule has 3 heterocycles. The Balaban J connectivity index is 1.12. The molecule has 0 N–H and O–H groups in total. The van der Waals surface area contributed by atoms with Gasteiger partial charge in [0.15, 0.2) is 0 Å². The monoisotopic (exact) mass is 625 g/mol. The van der Waals surface area contributed by atoms with Gasteiger partial charge in [-0.25, -0.2) is 0 Å². The Labute approximate surface area is 282 Å². The van der Waals surface area contributed by atoms with Gasteiger partial charge in [-0.2, -0.15) is 0 Å². The zero-order valence-corrected chi connectivity index (χ0v) is 26.3. The fourth-order valence-corrected chi connectivity index (χ4v) is 8.58. The maximum Gasteiger partial charge on any atom is 0.248 e. The predicted octanol–water partition coefficient (Wildman–Crippen LogP) is 10.8. The first-order valence-electron chi connectivity index (χ1n) is 16.7. The van der Waals surface area contributed by atoms with Gasteiger partial charge in [-0.05, 0) is 87.0 Å². The molecule has 0 bridgehead atoms. The minimum atomic E-state index is -0.472. The number of hydrogen-bond acceptors (Lipinski definition) is 3. The highest BCUT2D eigenvalue weighted by atomic mass is 16.4. The molecule has 9 aromatic rings. The van der Waals surface area contributed by atoms with E-state index in [9.17, 15) is 0 Å². The van der Waals surface area contributed by atoms with E-state index in [1.54, 1.807) is 0 Å². The van der Waals surface area contributed by atoms with Crippen molar-refractivity contribution < 1.29 is 4.42 Å². The Morgan fingerprint density at radius 3 is 1.90 bits per heavy atom. The lowest BCUT2D eigenvalue weighted by molar-refractivity contribution is 0.584. The number of para-hydroxylation sites is 3. The largest absolute Gasteiger partial charge is 0.416 e. The zero-order chi connectivity index (χ0) is 32.1. The highest BCUT2D eigenvalue weighted by Crippen LogP contribution is 2.61. The number of fused-ring (bicyclic) bond motifs is 12. The minimum Gasteiger partial charge on any atom is -0.416 e. The molecule has 4 nitrogen and oxygen atoms in total. The van der Waals surface area contributed by atoms with Gasteiger partial charge in [-0.15, -0.1) is 10.2 Å². The average Bonchev–Trinajstić information content (AvgIpc) is 3.88. The summed E-state index contributed by atoms with van der Waals surface area (Å²) in [6.45, 7) is 0. The summed E-state index contributed by atoms with van der Waals surface area (Å²) in [4.78, 5) is 0. The van der Waals surface area contributed by atoms with Crippen molar-refractivity contribution in [2.75, 3.05) is 0 Å². The quantitative estimate of drug-likeness (QED) is 0.196. The molecule has 1 aliphatic carbocycles. The molecule has 4 heteroatoms. The van der Waals surface area contributed by atoms with Crippen LogP contribution in [-0.4, -0.2) is 14.8 Å². The standard InChI is InChI=1S/C45H27N3O/c1-2-11-29(12-3-1)43-46-47-44(49-43)30-23-21-28(22-24-30)31-25-26-33-32-13-4-6-16-36(32)45(39(33)27-31)37-17-7-9-20-41(37)48-40-19-8-5-14-34(40)35-15-10-18-38(45)42(35)48/h1-27H. The van der Waals surface area contributed by atoms with Crippen molar-refractivity contribution in [3.05, 3.63) is 186 Å². The summed E-state index contributed by atoms with van der Waals surface area (Å²) in [6, 6.07) is 59.0. The first-order valence-corrected chi connectivity index (χ1v) is 16.7. The number of aromatic nitrogens is 3. The Bertz CT molecular complexity index is 2770. The Kier molecular flexibility index (Phi) is 5.28. The molecule has 0 saturated heterocycles. The van der Waals surface area contributed by atoms with E-state index >= 15 is 0 Å². The first-order chi connectivity index (χ1) is 24.3. The van der Waals surface area contributed by atoms with E-state index in [4.69, 9.17) is 4.42 Å². The molecule has 1 unspecified atom stereocenters. The summed E-state index contributed by atoms with van der Waals surface area (Å²) in [6.07, 6.45) is 0. The van der Waals surface area contributed by atoms with Gasteiger partial charge in [-0.1, -0.05) is 121 Å². The van der Waals surface area contributed by atoms with Crippen LogP contribution in [0, 0.1) is 0 Å². The second kappa shape index (κ2) is 9.75. The number of rotatable bonds is 3. The molecule has 1 atom stereocenters. The predicted molar refractivity (Wildman–Crippen MR) is 196 cm³/mol. The van der Waals surface area contributed by atoms with Gasteiger partial charge in [0.25, 0.3) is 0 Å². The first kappa shape index (κ1) is 26.5. The second-order valence-corrected chi connectivity index (χ2v) is 13.0. The van der Waals surface area contributed by atoms with Crippen molar-refractivity contribution in [3.63, 3.8) is 0 Å². The van der Waals surface area contributed by atoms with Crippen molar-refractivity contribution in [3.8, 4) is 50.8 Å². The van der Waals surface area contributed by atoms with Crippen molar-refractivity contribution in [2.24, 2.45) is 0 Å². The molecule has 1 aliphatic heterocycles. The van der Waals surface area contributed by atoms with Crippen LogP contribution in [0.25, 0.3) is 72.7 Å². The molecule has 49 heavy (non-hydrogen) atoms. The maximum absolute atomic E-state index is 6.06. The lowest BCUT2D eigenvalue weighted by Crippen LogP contribution is -2.33. The molecule has 7 aromatic carbocycles. The van der Waals surface area contributed by atoms with E-state index in [0.29, 0.717) is 11.8 Å². The summed E-state index contributed by atoms with van der Waals surface area (Å²) in [5.41, 5.74) is 15.3. The van der Waals surface area contributed by atoms with E-state index in [1.165, 1.54) is 66.4 Å². The third kappa shape index (κ3) is 3.47. The van der Waals surface area contributed by atoms with Crippen molar-refractivity contribution in [2.45, 2.75) is 5.41 Å². The second-order valence-electron chi connectivity index (χ2n) is 13.0. The van der Waals surface area contributed by atoms with Gasteiger partial charge in [0.2, 0.25) is 11.8 Å². The summed E-state index contributed by atoms with van der Waals surface area (Å²) >= 11 is 0. The summed E-state index contributed by atoms with van der Waals surface area (Å²) in [5.74, 6) is 1.03. The van der Waals surface area contributed by atoms with Crippen LogP contribution < -0.4 is 0 Å². The van der Waals surface area contributed by atoms with Crippen LogP contribution in [0.1, 0.15) is 22.3 Å². The Morgan fingerprint density at radius 1 is 0.429 bits per heavy atom. The van der Waals surface area contributed by atoms with Crippen LogP contribution in [0.4, 0.5) is 0 Å². The van der Waals surface area contributed by atoms with Crippen LogP contribution in [0.5, 0.6) is 0 Å². The van der Waals surface area contributed by atoms with Gasteiger partial charge in [0.1, 0.15) is 0 Å². The molecule has 11 rings (SSSR count). The fraction of sp³-hybridized carbons (Fsp3) is 0.0222. The van der Waals surface area contributed by atoms with Crippen LogP contribution in [0.15, 0.2) is 168 Å². The summed E-state index contributed by atoms with van der Waals surface area (Å²) in [5, 5.41) is 11.2. The van der Waals surface area contributed by atoms with Crippen molar-refractivity contribution in [1.82, 2.24) is 14.8 Å². The molecular weight excluding hydrogens is 599 g/mol. The highest BCUT2D eigenvalue weighted by Gasteiger charge is 2.50. The molecule has 2 aromatic heterocycles. The third-order valence-corrected chi connectivity index (χ3v) is 10.6.